The second-order valence-corrected chi connectivity index (χ2v) is 3.56. The van der Waals surface area contributed by atoms with E-state index >= 15 is 0 Å². The molecule has 0 aromatic carbocycles. The fourth-order valence-electron chi connectivity index (χ4n) is 2.02. The van der Waals surface area contributed by atoms with Gasteiger partial charge in [0.1, 0.15) is 0 Å². The molecule has 0 aromatic rings. The van der Waals surface area contributed by atoms with Gasteiger partial charge in [-0.2, -0.15) is 0 Å². The van der Waals surface area contributed by atoms with Gasteiger partial charge in [-0.25, -0.2) is 4.79 Å². The molecule has 0 aliphatic carbocycles. The Morgan fingerprint density at radius 3 is 2.86 bits per heavy atom. The highest BCUT2D eigenvalue weighted by Crippen LogP contribution is 2.35. The number of aliphatic hydroxyl groups is 1. The maximum atomic E-state index is 11.7. The lowest BCUT2D eigenvalue weighted by atomic mass is 10.1. The van der Waals surface area contributed by atoms with Crippen LogP contribution in [0.1, 0.15) is 12.8 Å². The van der Waals surface area contributed by atoms with Crippen molar-refractivity contribution in [3.8, 4) is 0 Å². The van der Waals surface area contributed by atoms with Crippen molar-refractivity contribution in [2.45, 2.75) is 18.6 Å². The Hall–Kier alpha value is -1.36. The lowest BCUT2D eigenvalue weighted by molar-refractivity contribution is -0.149. The molecular formula is C9H12N2O3. The number of hydrogen-bond acceptors (Lipinski definition) is 3. The van der Waals surface area contributed by atoms with Crippen molar-refractivity contribution in [1.82, 2.24) is 9.80 Å². The maximum Gasteiger partial charge on any atom is 0.329 e. The van der Waals surface area contributed by atoms with Gasteiger partial charge in [0.05, 0.1) is 0 Å². The fraction of sp³-hybridized carbons (Fsp3) is 0.556. The lowest BCUT2D eigenvalue weighted by Gasteiger charge is -2.20. The van der Waals surface area contributed by atoms with Gasteiger partial charge in [0.2, 0.25) is 5.72 Å². The van der Waals surface area contributed by atoms with Crippen LogP contribution in [-0.2, 0) is 4.79 Å². The molecule has 2 rings (SSSR count). The summed E-state index contributed by atoms with van der Waals surface area (Å²) >= 11 is 0. The number of amides is 3. The Morgan fingerprint density at radius 1 is 1.57 bits per heavy atom. The van der Waals surface area contributed by atoms with Crippen LogP contribution >= 0.6 is 0 Å². The van der Waals surface area contributed by atoms with E-state index in [2.05, 4.69) is 6.58 Å². The van der Waals surface area contributed by atoms with Crippen molar-refractivity contribution in [3.05, 3.63) is 12.7 Å². The van der Waals surface area contributed by atoms with E-state index in [4.69, 9.17) is 0 Å². The zero-order valence-corrected chi connectivity index (χ0v) is 7.77. The Morgan fingerprint density at radius 2 is 2.29 bits per heavy atom. The van der Waals surface area contributed by atoms with Gasteiger partial charge < -0.3 is 5.11 Å². The number of carbonyl (C=O) groups is 2. The Bertz CT molecular complexity index is 315. The third-order valence-corrected chi connectivity index (χ3v) is 2.71. The largest absolute Gasteiger partial charge is 0.363 e. The van der Waals surface area contributed by atoms with Crippen LogP contribution < -0.4 is 0 Å². The predicted molar refractivity (Wildman–Crippen MR) is 48.2 cm³/mol. The molecule has 5 heteroatoms. The van der Waals surface area contributed by atoms with Gasteiger partial charge in [-0.15, -0.1) is 6.58 Å². The van der Waals surface area contributed by atoms with Gasteiger partial charge in [0.15, 0.2) is 0 Å². The SMILES string of the molecule is C=CCN1C(=O)N2CCC[C@@]2(O)C1=O. The molecule has 0 bridgehead atoms. The highest BCUT2D eigenvalue weighted by molar-refractivity contribution is 6.06. The van der Waals surface area contributed by atoms with Crippen molar-refractivity contribution in [3.63, 3.8) is 0 Å². The summed E-state index contributed by atoms with van der Waals surface area (Å²) in [5, 5.41) is 9.95. The number of urea groups is 1. The third-order valence-electron chi connectivity index (χ3n) is 2.71. The molecule has 3 amide bonds. The van der Waals surface area contributed by atoms with E-state index in [0.29, 0.717) is 19.4 Å². The molecule has 2 fully saturated rings. The molecule has 5 nitrogen and oxygen atoms in total. The first-order chi connectivity index (χ1) is 6.61. The van der Waals surface area contributed by atoms with E-state index in [9.17, 15) is 14.7 Å². The number of hydrogen-bond donors (Lipinski definition) is 1. The van der Waals surface area contributed by atoms with E-state index in [1.165, 1.54) is 11.0 Å². The fourth-order valence-corrected chi connectivity index (χ4v) is 2.02. The number of rotatable bonds is 2. The molecule has 2 aliphatic heterocycles. The maximum absolute atomic E-state index is 11.7. The predicted octanol–water partition coefficient (Wildman–Crippen LogP) is -0.0810. The van der Waals surface area contributed by atoms with E-state index in [-0.39, 0.29) is 6.54 Å². The van der Waals surface area contributed by atoms with Gasteiger partial charge in [0, 0.05) is 19.5 Å². The van der Waals surface area contributed by atoms with Crippen LogP contribution in [-0.4, -0.2) is 45.7 Å². The first-order valence-electron chi connectivity index (χ1n) is 4.58. The van der Waals surface area contributed by atoms with Crippen LogP contribution in [0.4, 0.5) is 4.79 Å². The van der Waals surface area contributed by atoms with Gasteiger partial charge in [-0.05, 0) is 6.42 Å². The summed E-state index contributed by atoms with van der Waals surface area (Å²) in [4.78, 5) is 25.6. The van der Waals surface area contributed by atoms with Crippen LogP contribution in [0.5, 0.6) is 0 Å². The van der Waals surface area contributed by atoms with Crippen molar-refractivity contribution in [2.75, 3.05) is 13.1 Å². The zero-order valence-electron chi connectivity index (χ0n) is 7.77. The number of fused-ring (bicyclic) bond motifs is 1. The van der Waals surface area contributed by atoms with Crippen molar-refractivity contribution in [1.29, 1.82) is 0 Å². The number of carbonyl (C=O) groups excluding carboxylic acids is 2. The van der Waals surface area contributed by atoms with Crippen LogP contribution in [0.25, 0.3) is 0 Å². The molecule has 2 saturated heterocycles. The second kappa shape index (κ2) is 2.81. The molecule has 14 heavy (non-hydrogen) atoms. The van der Waals surface area contributed by atoms with Gasteiger partial charge in [0.25, 0.3) is 5.91 Å². The van der Waals surface area contributed by atoms with E-state index in [0.717, 1.165) is 4.90 Å². The minimum atomic E-state index is -1.57. The normalized spacial score (nSPS) is 31.2. The molecule has 0 saturated carbocycles. The molecule has 0 unspecified atom stereocenters. The Balaban J connectivity index is 2.32. The lowest BCUT2D eigenvalue weighted by Crippen LogP contribution is -2.44. The van der Waals surface area contributed by atoms with Crippen LogP contribution in [0.2, 0.25) is 0 Å². The molecule has 0 aromatic heterocycles. The average Bonchev–Trinajstić information content (AvgIpc) is 2.61. The van der Waals surface area contributed by atoms with Crippen molar-refractivity contribution in [2.24, 2.45) is 0 Å². The second-order valence-electron chi connectivity index (χ2n) is 3.56. The minimum absolute atomic E-state index is 0.163. The van der Waals surface area contributed by atoms with Crippen LogP contribution in [0.15, 0.2) is 12.7 Å². The zero-order chi connectivity index (χ0) is 10.3. The molecule has 2 aliphatic rings. The van der Waals surface area contributed by atoms with Crippen LogP contribution in [0.3, 0.4) is 0 Å². The van der Waals surface area contributed by atoms with Gasteiger partial charge in [-0.3, -0.25) is 14.6 Å². The van der Waals surface area contributed by atoms with E-state index < -0.39 is 17.7 Å². The molecule has 76 valence electrons. The highest BCUT2D eigenvalue weighted by atomic mass is 16.3. The average molecular weight is 196 g/mol. The summed E-state index contributed by atoms with van der Waals surface area (Å²) in [6.07, 6.45) is 2.49. The van der Waals surface area contributed by atoms with Crippen molar-refractivity contribution >= 4 is 11.9 Å². The van der Waals surface area contributed by atoms with Gasteiger partial charge >= 0.3 is 6.03 Å². The Kier molecular flexibility index (Phi) is 1.85. The molecular weight excluding hydrogens is 184 g/mol. The van der Waals surface area contributed by atoms with Crippen LogP contribution in [0, 0.1) is 0 Å². The number of imide groups is 1. The summed E-state index contributed by atoms with van der Waals surface area (Å²) in [5.74, 6) is -0.514. The highest BCUT2D eigenvalue weighted by Gasteiger charge is 2.58. The molecule has 0 spiro atoms. The quantitative estimate of drug-likeness (QED) is 0.496. The number of nitrogens with zero attached hydrogens (tertiary/aromatic N) is 2. The van der Waals surface area contributed by atoms with Crippen molar-refractivity contribution < 1.29 is 14.7 Å². The standard InChI is InChI=1S/C9H12N2O3/c1-2-5-10-7(12)9(14)4-3-6-11(9)8(10)13/h2,14H,1,3-6H2/t9-/m1/s1. The smallest absolute Gasteiger partial charge is 0.329 e. The van der Waals surface area contributed by atoms with E-state index in [1.807, 2.05) is 0 Å². The molecule has 1 N–H and O–H groups in total. The summed E-state index contributed by atoms with van der Waals surface area (Å²) < 4.78 is 0. The van der Waals surface area contributed by atoms with Gasteiger partial charge in [-0.1, -0.05) is 6.08 Å². The first kappa shape index (κ1) is 9.21. The molecule has 0 radical (unpaired) electrons. The minimum Gasteiger partial charge on any atom is -0.363 e. The summed E-state index contributed by atoms with van der Waals surface area (Å²) in [7, 11) is 0. The third kappa shape index (κ3) is 0.928. The summed E-state index contributed by atoms with van der Waals surface area (Å²) in [5.41, 5.74) is -1.57. The van der Waals surface area contributed by atoms with E-state index in [1.54, 1.807) is 0 Å². The summed E-state index contributed by atoms with van der Waals surface area (Å²) in [6, 6.07) is -0.407. The Labute approximate surface area is 81.6 Å². The topological polar surface area (TPSA) is 60.9 Å². The molecule has 2 heterocycles. The monoisotopic (exact) mass is 196 g/mol. The summed E-state index contributed by atoms with van der Waals surface area (Å²) in [6.45, 7) is 4.08. The first-order valence-corrected chi connectivity index (χ1v) is 4.58. The molecule has 1 atom stereocenters.